The summed E-state index contributed by atoms with van der Waals surface area (Å²) in [4.78, 5) is 13.9. The van der Waals surface area contributed by atoms with Crippen molar-refractivity contribution in [2.24, 2.45) is 0 Å². The van der Waals surface area contributed by atoms with Crippen LogP contribution in [0.2, 0.25) is 0 Å². The molecule has 1 saturated heterocycles. The highest BCUT2D eigenvalue weighted by molar-refractivity contribution is 6.10. The molecule has 0 aromatic heterocycles. The third kappa shape index (κ3) is 4.46. The van der Waals surface area contributed by atoms with Crippen LogP contribution in [0.15, 0.2) is 12.3 Å². The molecular formula is C24H33FN4O3. The van der Waals surface area contributed by atoms with Gasteiger partial charge >= 0.3 is 6.09 Å². The Labute approximate surface area is 188 Å². The fraction of sp³-hybridized carbons (Fsp3) is 0.583. The van der Waals surface area contributed by atoms with Crippen LogP contribution in [-0.4, -0.2) is 50.7 Å². The number of allylic oxidation sites excluding steroid dienone is 1. The lowest BCUT2D eigenvalue weighted by atomic mass is 9.90. The zero-order chi connectivity index (χ0) is 22.7. The number of nitrogens with one attached hydrogen (secondary N) is 3. The number of halogens is 1. The maximum absolute atomic E-state index is 15.5. The van der Waals surface area contributed by atoms with Gasteiger partial charge in [-0.3, -0.25) is 4.90 Å². The minimum atomic E-state index is -0.574. The normalized spacial score (nSPS) is 22.0. The molecule has 3 N–H and O–H groups in total. The summed E-state index contributed by atoms with van der Waals surface area (Å²) in [5.74, 6) is 0.0938. The second kappa shape index (κ2) is 9.90. The number of benzene rings is 1. The third-order valence-electron chi connectivity index (χ3n) is 6.78. The van der Waals surface area contributed by atoms with Gasteiger partial charge in [0.05, 0.1) is 18.9 Å². The summed E-state index contributed by atoms with van der Waals surface area (Å²) in [6.07, 6.45) is 8.86. The minimum absolute atomic E-state index is 0.0820. The first-order valence-electron chi connectivity index (χ1n) is 11.6. The average molecular weight is 445 g/mol. The highest BCUT2D eigenvalue weighted by Gasteiger charge is 2.36. The fourth-order valence-corrected chi connectivity index (χ4v) is 4.64. The molecule has 1 saturated carbocycles. The van der Waals surface area contributed by atoms with E-state index < -0.39 is 11.9 Å². The van der Waals surface area contributed by atoms with Gasteiger partial charge in [0.15, 0.2) is 0 Å². The average Bonchev–Trinajstić information content (AvgIpc) is 2.78. The predicted octanol–water partition coefficient (Wildman–Crippen LogP) is 4.00. The van der Waals surface area contributed by atoms with Gasteiger partial charge in [0.25, 0.3) is 0 Å². The lowest BCUT2D eigenvalue weighted by molar-refractivity contribution is 0.118. The molecule has 1 atom stereocenters. The second-order valence-corrected chi connectivity index (χ2v) is 8.90. The number of carbonyl (C=O) groups excluding carboxylic acids is 1. The van der Waals surface area contributed by atoms with Crippen molar-refractivity contribution < 1.29 is 18.7 Å². The van der Waals surface area contributed by atoms with E-state index in [1.807, 2.05) is 6.92 Å². The van der Waals surface area contributed by atoms with E-state index in [2.05, 4.69) is 10.6 Å². The van der Waals surface area contributed by atoms with Crippen LogP contribution in [0.1, 0.15) is 56.6 Å². The van der Waals surface area contributed by atoms with Crippen molar-refractivity contribution in [1.29, 1.82) is 5.41 Å². The topological polar surface area (TPSA) is 86.7 Å². The van der Waals surface area contributed by atoms with Crippen LogP contribution in [0.4, 0.5) is 14.9 Å². The summed E-state index contributed by atoms with van der Waals surface area (Å²) in [6.45, 7) is 3.80. The van der Waals surface area contributed by atoms with Gasteiger partial charge in [0.2, 0.25) is 0 Å². The Bertz CT molecular complexity index is 894. The maximum Gasteiger partial charge on any atom is 0.414 e. The number of methoxy groups -OCH3 is 1. The molecule has 32 heavy (non-hydrogen) atoms. The molecule has 1 aromatic carbocycles. The molecule has 7 nitrogen and oxygen atoms in total. The minimum Gasteiger partial charge on any atom is -0.489 e. The number of amides is 1. The van der Waals surface area contributed by atoms with Crippen molar-refractivity contribution in [3.63, 3.8) is 0 Å². The summed E-state index contributed by atoms with van der Waals surface area (Å²) in [6, 6.07) is 1.55. The van der Waals surface area contributed by atoms with Gasteiger partial charge in [-0.15, -0.1) is 0 Å². The van der Waals surface area contributed by atoms with E-state index in [9.17, 15) is 4.79 Å². The Balaban J connectivity index is 1.76. The molecule has 2 fully saturated rings. The molecule has 0 radical (unpaired) electrons. The number of nitrogens with zero attached hydrogens (tertiary/aromatic N) is 1. The Hall–Kier alpha value is -2.61. The Morgan fingerprint density at radius 3 is 2.66 bits per heavy atom. The zero-order valence-electron chi connectivity index (χ0n) is 18.9. The van der Waals surface area contributed by atoms with Crippen molar-refractivity contribution in [2.45, 2.75) is 70.1 Å². The molecule has 1 aliphatic carbocycles. The summed E-state index contributed by atoms with van der Waals surface area (Å²) in [5.41, 5.74) is 2.06. The molecule has 2 aliphatic heterocycles. The first-order chi connectivity index (χ1) is 15.5. The number of piperidine rings is 1. The second-order valence-electron chi connectivity index (χ2n) is 8.90. The molecule has 3 aliphatic rings. The molecule has 1 unspecified atom stereocenters. The number of carbonyl (C=O) groups is 1. The number of hydrogen-bond acceptors (Lipinski definition) is 6. The van der Waals surface area contributed by atoms with E-state index in [4.69, 9.17) is 14.9 Å². The van der Waals surface area contributed by atoms with Gasteiger partial charge in [-0.05, 0) is 71.0 Å². The standard InChI is InChI=1S/C24H33FN4O3/c1-15-6-7-19-22(29(15)24(30)31-2)21(25)12-20(23(19)32-18-4-3-5-18)16(13-26)14-28-17-8-10-27-11-9-17/h12-15,17-18,26-28H,3-11H2,1-2H3/b16-14+,26-13?. The molecule has 1 amide bonds. The maximum atomic E-state index is 15.5. The van der Waals surface area contributed by atoms with E-state index in [0.717, 1.165) is 45.2 Å². The molecule has 2 heterocycles. The van der Waals surface area contributed by atoms with Crippen LogP contribution in [0, 0.1) is 11.2 Å². The molecular weight excluding hydrogens is 411 g/mol. The summed E-state index contributed by atoms with van der Waals surface area (Å²) >= 11 is 0. The molecule has 174 valence electrons. The first-order valence-corrected chi connectivity index (χ1v) is 11.6. The Morgan fingerprint density at radius 1 is 1.28 bits per heavy atom. The van der Waals surface area contributed by atoms with Gasteiger partial charge in [0, 0.05) is 41.2 Å². The van der Waals surface area contributed by atoms with Gasteiger partial charge in [-0.2, -0.15) is 0 Å². The molecule has 8 heteroatoms. The fourth-order valence-electron chi connectivity index (χ4n) is 4.64. The van der Waals surface area contributed by atoms with E-state index >= 15 is 4.39 Å². The lowest BCUT2D eigenvalue weighted by Crippen LogP contribution is -2.43. The van der Waals surface area contributed by atoms with Gasteiger partial charge in [0.1, 0.15) is 11.6 Å². The van der Waals surface area contributed by atoms with Gasteiger partial charge in [-0.25, -0.2) is 9.18 Å². The van der Waals surface area contributed by atoms with Crippen LogP contribution < -0.4 is 20.3 Å². The number of hydrogen-bond donors (Lipinski definition) is 3. The number of anilines is 1. The highest BCUT2D eigenvalue weighted by atomic mass is 19.1. The van der Waals surface area contributed by atoms with Crippen molar-refractivity contribution in [3.8, 4) is 5.75 Å². The van der Waals surface area contributed by atoms with Gasteiger partial charge < -0.3 is 25.5 Å². The molecule has 1 aromatic rings. The van der Waals surface area contributed by atoms with Crippen LogP contribution in [-0.2, 0) is 11.2 Å². The summed E-state index contributed by atoms with van der Waals surface area (Å²) in [7, 11) is 1.31. The third-order valence-corrected chi connectivity index (χ3v) is 6.78. The zero-order valence-corrected chi connectivity index (χ0v) is 18.9. The van der Waals surface area contributed by atoms with Gasteiger partial charge in [-0.1, -0.05) is 0 Å². The highest BCUT2D eigenvalue weighted by Crippen LogP contribution is 2.44. The van der Waals surface area contributed by atoms with Crippen LogP contribution in [0.5, 0.6) is 5.75 Å². The van der Waals surface area contributed by atoms with Crippen molar-refractivity contribution in [3.05, 3.63) is 29.2 Å². The predicted molar refractivity (Wildman–Crippen MR) is 123 cm³/mol. The van der Waals surface area contributed by atoms with Crippen molar-refractivity contribution >= 4 is 23.6 Å². The van der Waals surface area contributed by atoms with E-state index in [1.54, 1.807) is 6.20 Å². The van der Waals surface area contributed by atoms with Crippen LogP contribution in [0.25, 0.3) is 5.57 Å². The van der Waals surface area contributed by atoms with Crippen molar-refractivity contribution in [1.82, 2.24) is 10.6 Å². The Kier molecular flexibility index (Phi) is 6.98. The number of rotatable bonds is 6. The van der Waals surface area contributed by atoms with Crippen molar-refractivity contribution in [2.75, 3.05) is 25.1 Å². The first kappa shape index (κ1) is 22.6. The monoisotopic (exact) mass is 444 g/mol. The van der Waals surface area contributed by atoms with E-state index in [1.165, 1.54) is 24.3 Å². The van der Waals surface area contributed by atoms with E-state index in [-0.39, 0.29) is 17.8 Å². The number of ether oxygens (including phenoxy) is 2. The smallest absolute Gasteiger partial charge is 0.414 e. The Morgan fingerprint density at radius 2 is 2.03 bits per heavy atom. The quantitative estimate of drug-likeness (QED) is 0.578. The van der Waals surface area contributed by atoms with Crippen LogP contribution >= 0.6 is 0 Å². The number of fused-ring (bicyclic) bond motifs is 1. The largest absolute Gasteiger partial charge is 0.489 e. The molecule has 0 bridgehead atoms. The van der Waals surface area contributed by atoms with Crippen LogP contribution in [0.3, 0.4) is 0 Å². The lowest BCUT2D eigenvalue weighted by Gasteiger charge is -2.37. The SMILES string of the molecule is COC(=O)N1c2c(F)cc(/C(C=N)=C/NC3CCNCC3)c(OC3CCC3)c2CCC1C. The summed E-state index contributed by atoms with van der Waals surface area (Å²) < 4.78 is 26.8. The van der Waals surface area contributed by atoms with E-state index in [0.29, 0.717) is 41.3 Å². The molecule has 0 spiro atoms. The molecule has 4 rings (SSSR count). The summed E-state index contributed by atoms with van der Waals surface area (Å²) in [5, 5.41) is 14.8.